The molecule has 1 heterocycles. The van der Waals surface area contributed by atoms with Crippen molar-refractivity contribution >= 4 is 17.7 Å². The Morgan fingerprint density at radius 2 is 2.00 bits per heavy atom. The molecule has 0 atom stereocenters. The van der Waals surface area contributed by atoms with Crippen molar-refractivity contribution < 1.29 is 4.79 Å². The van der Waals surface area contributed by atoms with Gasteiger partial charge in [-0.15, -0.1) is 0 Å². The van der Waals surface area contributed by atoms with Gasteiger partial charge in [0.05, 0.1) is 6.54 Å². The van der Waals surface area contributed by atoms with E-state index in [9.17, 15) is 4.79 Å². The van der Waals surface area contributed by atoms with Gasteiger partial charge < -0.3 is 15.5 Å². The van der Waals surface area contributed by atoms with E-state index in [0.29, 0.717) is 13.1 Å². The van der Waals surface area contributed by atoms with E-state index < -0.39 is 0 Å². The minimum atomic E-state index is 0.174. The molecular formula is C14H19N3O. The van der Waals surface area contributed by atoms with Crippen molar-refractivity contribution in [2.24, 2.45) is 5.73 Å². The van der Waals surface area contributed by atoms with Crippen LogP contribution in [0.25, 0.3) is 6.08 Å². The van der Waals surface area contributed by atoms with Crippen molar-refractivity contribution in [2.75, 3.05) is 38.1 Å². The Morgan fingerprint density at radius 1 is 1.28 bits per heavy atom. The molecule has 1 aliphatic heterocycles. The van der Waals surface area contributed by atoms with Gasteiger partial charge >= 0.3 is 0 Å². The first-order valence-corrected chi connectivity index (χ1v) is 6.16. The van der Waals surface area contributed by atoms with E-state index in [2.05, 4.69) is 17.0 Å². The second-order valence-corrected chi connectivity index (χ2v) is 4.47. The number of likely N-dealkylation sites (N-methyl/N-ethyl adjacent to an activating group) is 1. The van der Waals surface area contributed by atoms with Crippen LogP contribution in [0.15, 0.2) is 30.3 Å². The molecule has 4 nitrogen and oxygen atoms in total. The maximum absolute atomic E-state index is 11.6. The van der Waals surface area contributed by atoms with Crippen LogP contribution in [0, 0.1) is 0 Å². The standard InChI is InChI=1S/C14H19N3O/c1-16-9-10-17(11-14(16)18)13-6-4-12(5-7-13)3-2-8-15/h2-7H,8-11,15H2,1H3/b3-2+. The first-order valence-electron chi connectivity index (χ1n) is 6.16. The number of amides is 1. The van der Waals surface area contributed by atoms with Crippen LogP contribution in [0.4, 0.5) is 5.69 Å². The third kappa shape index (κ3) is 2.90. The second kappa shape index (κ2) is 5.69. The van der Waals surface area contributed by atoms with Crippen molar-refractivity contribution in [3.63, 3.8) is 0 Å². The normalized spacial score (nSPS) is 16.7. The Bertz CT molecular complexity index is 439. The van der Waals surface area contributed by atoms with E-state index in [1.807, 2.05) is 31.3 Å². The summed E-state index contributed by atoms with van der Waals surface area (Å²) in [4.78, 5) is 15.5. The van der Waals surface area contributed by atoms with Crippen LogP contribution in [0.3, 0.4) is 0 Å². The van der Waals surface area contributed by atoms with E-state index in [1.165, 1.54) is 0 Å². The molecule has 1 aromatic carbocycles. The highest BCUT2D eigenvalue weighted by atomic mass is 16.2. The van der Waals surface area contributed by atoms with Gasteiger partial charge in [0.25, 0.3) is 0 Å². The van der Waals surface area contributed by atoms with Crippen molar-refractivity contribution in [3.05, 3.63) is 35.9 Å². The zero-order valence-electron chi connectivity index (χ0n) is 10.7. The Kier molecular flexibility index (Phi) is 3.99. The van der Waals surface area contributed by atoms with Crippen molar-refractivity contribution in [3.8, 4) is 0 Å². The smallest absolute Gasteiger partial charge is 0.241 e. The molecule has 18 heavy (non-hydrogen) atoms. The van der Waals surface area contributed by atoms with Gasteiger partial charge in [0.1, 0.15) is 0 Å². The lowest BCUT2D eigenvalue weighted by atomic mass is 10.1. The van der Waals surface area contributed by atoms with Crippen LogP contribution in [-0.2, 0) is 4.79 Å². The molecule has 0 unspecified atom stereocenters. The second-order valence-electron chi connectivity index (χ2n) is 4.47. The number of anilines is 1. The zero-order valence-corrected chi connectivity index (χ0v) is 10.7. The van der Waals surface area contributed by atoms with Gasteiger partial charge in [0.2, 0.25) is 5.91 Å². The molecule has 1 aliphatic rings. The predicted octanol–water partition coefficient (Wildman–Crippen LogP) is 0.937. The van der Waals surface area contributed by atoms with Crippen LogP contribution in [0.2, 0.25) is 0 Å². The van der Waals surface area contributed by atoms with E-state index in [-0.39, 0.29) is 5.91 Å². The number of hydrogen-bond donors (Lipinski definition) is 1. The summed E-state index contributed by atoms with van der Waals surface area (Å²) in [5.41, 5.74) is 7.64. The van der Waals surface area contributed by atoms with Crippen molar-refractivity contribution in [1.82, 2.24) is 4.90 Å². The fourth-order valence-corrected chi connectivity index (χ4v) is 1.98. The highest BCUT2D eigenvalue weighted by Crippen LogP contribution is 2.17. The molecule has 2 rings (SSSR count). The Labute approximate surface area is 108 Å². The van der Waals surface area contributed by atoms with Crippen LogP contribution in [-0.4, -0.2) is 44.0 Å². The molecule has 0 spiro atoms. The summed E-state index contributed by atoms with van der Waals surface area (Å²) in [6.45, 7) is 2.69. The van der Waals surface area contributed by atoms with E-state index in [0.717, 1.165) is 24.3 Å². The summed E-state index contributed by atoms with van der Waals surface area (Å²) in [6.07, 6.45) is 3.92. The van der Waals surface area contributed by atoms with Gasteiger partial charge in [-0.25, -0.2) is 0 Å². The lowest BCUT2D eigenvalue weighted by molar-refractivity contribution is -0.129. The first-order chi connectivity index (χ1) is 8.70. The summed E-state index contributed by atoms with van der Waals surface area (Å²) >= 11 is 0. The Morgan fingerprint density at radius 3 is 2.61 bits per heavy atom. The molecule has 2 N–H and O–H groups in total. The molecule has 1 fully saturated rings. The first kappa shape index (κ1) is 12.6. The molecule has 0 aromatic heterocycles. The quantitative estimate of drug-likeness (QED) is 0.862. The minimum Gasteiger partial charge on any atom is -0.360 e. The summed E-state index contributed by atoms with van der Waals surface area (Å²) in [5.74, 6) is 0.174. The molecule has 96 valence electrons. The van der Waals surface area contributed by atoms with Gasteiger partial charge in [0, 0.05) is 32.4 Å². The van der Waals surface area contributed by atoms with E-state index in [4.69, 9.17) is 5.73 Å². The fraction of sp³-hybridized carbons (Fsp3) is 0.357. The minimum absolute atomic E-state index is 0.174. The highest BCUT2D eigenvalue weighted by Gasteiger charge is 2.20. The average molecular weight is 245 g/mol. The summed E-state index contributed by atoms with van der Waals surface area (Å²) in [7, 11) is 1.85. The number of piperazine rings is 1. The molecule has 4 heteroatoms. The molecular weight excluding hydrogens is 226 g/mol. The third-order valence-corrected chi connectivity index (χ3v) is 3.16. The summed E-state index contributed by atoms with van der Waals surface area (Å²) in [6, 6.07) is 8.19. The van der Waals surface area contributed by atoms with Crippen LogP contribution >= 0.6 is 0 Å². The number of rotatable bonds is 3. The SMILES string of the molecule is CN1CCN(c2ccc(/C=C/CN)cc2)CC1=O. The lowest BCUT2D eigenvalue weighted by Gasteiger charge is -2.33. The number of nitrogens with zero attached hydrogens (tertiary/aromatic N) is 2. The maximum Gasteiger partial charge on any atom is 0.241 e. The topological polar surface area (TPSA) is 49.6 Å². The lowest BCUT2D eigenvalue weighted by Crippen LogP contribution is -2.48. The number of benzene rings is 1. The molecule has 1 amide bonds. The van der Waals surface area contributed by atoms with Crippen LogP contribution < -0.4 is 10.6 Å². The van der Waals surface area contributed by atoms with E-state index in [1.54, 1.807) is 4.90 Å². The van der Waals surface area contributed by atoms with Gasteiger partial charge in [-0.2, -0.15) is 0 Å². The Balaban J connectivity index is 2.05. The third-order valence-electron chi connectivity index (χ3n) is 3.16. The molecule has 1 saturated heterocycles. The molecule has 0 bridgehead atoms. The summed E-state index contributed by atoms with van der Waals surface area (Å²) in [5, 5.41) is 0. The molecule has 0 radical (unpaired) electrons. The zero-order chi connectivity index (χ0) is 13.0. The highest BCUT2D eigenvalue weighted by molar-refractivity contribution is 5.82. The number of carbonyl (C=O) groups excluding carboxylic acids is 1. The maximum atomic E-state index is 11.6. The predicted molar refractivity (Wildman–Crippen MR) is 74.4 cm³/mol. The number of nitrogens with two attached hydrogens (primary N) is 1. The van der Waals surface area contributed by atoms with Crippen molar-refractivity contribution in [2.45, 2.75) is 0 Å². The van der Waals surface area contributed by atoms with Gasteiger partial charge in [-0.1, -0.05) is 24.3 Å². The fourth-order valence-electron chi connectivity index (χ4n) is 1.98. The molecule has 0 aliphatic carbocycles. The van der Waals surface area contributed by atoms with E-state index >= 15 is 0 Å². The van der Waals surface area contributed by atoms with Gasteiger partial charge in [0.15, 0.2) is 0 Å². The summed E-state index contributed by atoms with van der Waals surface area (Å²) < 4.78 is 0. The largest absolute Gasteiger partial charge is 0.360 e. The molecule has 0 saturated carbocycles. The Hall–Kier alpha value is -1.81. The number of carbonyl (C=O) groups is 1. The average Bonchev–Trinajstić information content (AvgIpc) is 2.40. The monoisotopic (exact) mass is 245 g/mol. The van der Waals surface area contributed by atoms with Crippen LogP contribution in [0.1, 0.15) is 5.56 Å². The number of hydrogen-bond acceptors (Lipinski definition) is 3. The van der Waals surface area contributed by atoms with Gasteiger partial charge in [-0.3, -0.25) is 4.79 Å². The molecule has 1 aromatic rings. The van der Waals surface area contributed by atoms with Crippen molar-refractivity contribution in [1.29, 1.82) is 0 Å². The van der Waals surface area contributed by atoms with Gasteiger partial charge in [-0.05, 0) is 17.7 Å². The van der Waals surface area contributed by atoms with Crippen LogP contribution in [0.5, 0.6) is 0 Å².